The summed E-state index contributed by atoms with van der Waals surface area (Å²) in [6.07, 6.45) is 0.136. The minimum Gasteiger partial charge on any atom is -0.493 e. The number of ether oxygens (including phenoxy) is 4. The van der Waals surface area contributed by atoms with Gasteiger partial charge in [-0.15, -0.1) is 0 Å². The van der Waals surface area contributed by atoms with Crippen LogP contribution in [0.5, 0.6) is 11.5 Å². The molecule has 0 bridgehead atoms. The highest BCUT2D eigenvalue weighted by atomic mass is 16.5. The largest absolute Gasteiger partial charge is 0.493 e. The Morgan fingerprint density at radius 3 is 2.74 bits per heavy atom. The number of nitrogens with one attached hydrogen (secondary N) is 1. The Bertz CT molecular complexity index is 1020. The molecule has 3 aliphatic heterocycles. The Morgan fingerprint density at radius 1 is 1.09 bits per heavy atom. The summed E-state index contributed by atoms with van der Waals surface area (Å²) in [5, 5.41) is 3.70. The van der Waals surface area contributed by atoms with Gasteiger partial charge in [0, 0.05) is 37.8 Å². The van der Waals surface area contributed by atoms with E-state index in [0.717, 1.165) is 49.2 Å². The van der Waals surface area contributed by atoms with Crippen LogP contribution in [0.15, 0.2) is 30.3 Å². The number of anilines is 1. The van der Waals surface area contributed by atoms with Crippen molar-refractivity contribution in [3.8, 4) is 11.5 Å². The second kappa shape index (κ2) is 10.7. The highest BCUT2D eigenvalue weighted by Gasteiger charge is 2.34. The molecule has 1 aromatic carbocycles. The van der Waals surface area contributed by atoms with Crippen molar-refractivity contribution in [1.82, 2.24) is 15.2 Å². The number of fused-ring (bicyclic) bond motifs is 1. The summed E-state index contributed by atoms with van der Waals surface area (Å²) in [5.74, 6) is 2.67. The minimum atomic E-state index is 0.136. The maximum atomic E-state index is 6.12. The second-order valence-electron chi connectivity index (χ2n) is 9.90. The lowest BCUT2D eigenvalue weighted by molar-refractivity contribution is 0.0182. The van der Waals surface area contributed by atoms with Crippen molar-refractivity contribution < 1.29 is 18.9 Å². The zero-order valence-corrected chi connectivity index (χ0v) is 21.3. The van der Waals surface area contributed by atoms with Gasteiger partial charge in [-0.3, -0.25) is 4.90 Å². The summed E-state index contributed by atoms with van der Waals surface area (Å²) in [4.78, 5) is 9.89. The number of methoxy groups -OCH3 is 1. The van der Waals surface area contributed by atoms with E-state index in [1.165, 1.54) is 11.1 Å². The summed E-state index contributed by atoms with van der Waals surface area (Å²) < 4.78 is 23.7. The van der Waals surface area contributed by atoms with Gasteiger partial charge in [0.15, 0.2) is 11.6 Å². The van der Waals surface area contributed by atoms with Crippen molar-refractivity contribution >= 4 is 5.82 Å². The number of nitrogens with zero attached hydrogens (tertiary/aromatic N) is 3. The van der Waals surface area contributed by atoms with Gasteiger partial charge < -0.3 is 29.2 Å². The van der Waals surface area contributed by atoms with Gasteiger partial charge in [-0.25, -0.2) is 4.98 Å². The summed E-state index contributed by atoms with van der Waals surface area (Å²) in [6.45, 7) is 12.4. The summed E-state index contributed by atoms with van der Waals surface area (Å²) in [7, 11) is 1.73. The molecule has 4 heterocycles. The van der Waals surface area contributed by atoms with Gasteiger partial charge >= 0.3 is 0 Å². The molecule has 2 aromatic rings. The third kappa shape index (κ3) is 5.11. The van der Waals surface area contributed by atoms with Crippen LogP contribution < -0.4 is 19.7 Å². The average Bonchev–Trinajstić information content (AvgIpc) is 2.88. The van der Waals surface area contributed by atoms with Crippen molar-refractivity contribution in [2.75, 3.05) is 58.0 Å². The summed E-state index contributed by atoms with van der Waals surface area (Å²) in [5.41, 5.74) is 3.43. The Labute approximate surface area is 208 Å². The Hall–Kier alpha value is -2.39. The van der Waals surface area contributed by atoms with Gasteiger partial charge in [0.1, 0.15) is 5.75 Å². The van der Waals surface area contributed by atoms with E-state index in [2.05, 4.69) is 60.2 Å². The first-order chi connectivity index (χ1) is 17.0. The van der Waals surface area contributed by atoms with E-state index in [9.17, 15) is 0 Å². The number of aromatic nitrogens is 1. The van der Waals surface area contributed by atoms with Crippen LogP contribution in [0.25, 0.3) is 0 Å². The Balaban J connectivity index is 1.41. The molecule has 5 rings (SSSR count). The summed E-state index contributed by atoms with van der Waals surface area (Å²) >= 11 is 0. The SMILES string of the molecule is COc1cc2c(nc1N1CCOCC1C)COCC2N1CCNC(c2ccccc2OC(C)C)C1. The van der Waals surface area contributed by atoms with Crippen LogP contribution in [-0.4, -0.2) is 75.1 Å². The van der Waals surface area contributed by atoms with Crippen LogP contribution in [0.1, 0.15) is 49.7 Å². The van der Waals surface area contributed by atoms with Gasteiger partial charge in [-0.2, -0.15) is 0 Å². The predicted molar refractivity (Wildman–Crippen MR) is 135 cm³/mol. The van der Waals surface area contributed by atoms with Crippen LogP contribution >= 0.6 is 0 Å². The number of hydrogen-bond donors (Lipinski definition) is 1. The molecule has 8 heteroatoms. The second-order valence-corrected chi connectivity index (χ2v) is 9.90. The first-order valence-electron chi connectivity index (χ1n) is 12.8. The number of para-hydroxylation sites is 1. The van der Waals surface area contributed by atoms with Crippen molar-refractivity contribution in [2.24, 2.45) is 0 Å². The molecular formula is C27H38N4O4. The van der Waals surface area contributed by atoms with E-state index in [0.29, 0.717) is 26.4 Å². The number of hydrogen-bond acceptors (Lipinski definition) is 8. The maximum absolute atomic E-state index is 6.12. The fourth-order valence-electron chi connectivity index (χ4n) is 5.39. The molecule has 0 aliphatic carbocycles. The van der Waals surface area contributed by atoms with E-state index in [1.54, 1.807) is 7.11 Å². The van der Waals surface area contributed by atoms with E-state index >= 15 is 0 Å². The van der Waals surface area contributed by atoms with Crippen LogP contribution in [0.3, 0.4) is 0 Å². The molecule has 1 N–H and O–H groups in total. The molecule has 35 heavy (non-hydrogen) atoms. The zero-order valence-electron chi connectivity index (χ0n) is 21.3. The Kier molecular flexibility index (Phi) is 7.43. The smallest absolute Gasteiger partial charge is 0.172 e. The molecule has 0 saturated carbocycles. The van der Waals surface area contributed by atoms with E-state index < -0.39 is 0 Å². The Morgan fingerprint density at radius 2 is 1.94 bits per heavy atom. The van der Waals surface area contributed by atoms with Crippen LogP contribution in [0, 0.1) is 0 Å². The van der Waals surface area contributed by atoms with Gasteiger partial charge in [0.25, 0.3) is 0 Å². The number of benzene rings is 1. The molecule has 2 saturated heterocycles. The third-order valence-electron chi connectivity index (χ3n) is 7.12. The molecule has 1 aromatic heterocycles. The lowest BCUT2D eigenvalue weighted by Gasteiger charge is -2.42. The molecule has 0 amide bonds. The number of piperazine rings is 1. The zero-order chi connectivity index (χ0) is 24.4. The van der Waals surface area contributed by atoms with Gasteiger partial charge in [0.05, 0.1) is 57.4 Å². The van der Waals surface area contributed by atoms with Gasteiger partial charge in [-0.05, 0) is 38.5 Å². The van der Waals surface area contributed by atoms with E-state index in [1.807, 2.05) is 6.07 Å². The van der Waals surface area contributed by atoms with Crippen molar-refractivity contribution in [3.05, 3.63) is 47.2 Å². The van der Waals surface area contributed by atoms with Crippen LogP contribution in [-0.2, 0) is 16.1 Å². The minimum absolute atomic E-state index is 0.136. The van der Waals surface area contributed by atoms with Crippen LogP contribution in [0.4, 0.5) is 5.82 Å². The van der Waals surface area contributed by atoms with Crippen molar-refractivity contribution in [1.29, 1.82) is 0 Å². The first-order valence-corrected chi connectivity index (χ1v) is 12.8. The lowest BCUT2D eigenvalue weighted by atomic mass is 9.97. The maximum Gasteiger partial charge on any atom is 0.172 e. The molecule has 3 unspecified atom stereocenters. The number of rotatable bonds is 6. The topological polar surface area (TPSA) is 68.3 Å². The van der Waals surface area contributed by atoms with Gasteiger partial charge in [0.2, 0.25) is 0 Å². The molecule has 3 atom stereocenters. The first kappa shape index (κ1) is 24.3. The molecular weight excluding hydrogens is 444 g/mol. The third-order valence-corrected chi connectivity index (χ3v) is 7.12. The molecule has 0 radical (unpaired) electrons. The fourth-order valence-corrected chi connectivity index (χ4v) is 5.39. The van der Waals surface area contributed by atoms with E-state index in [4.69, 9.17) is 23.9 Å². The van der Waals surface area contributed by atoms with Gasteiger partial charge in [-0.1, -0.05) is 18.2 Å². The normalized spacial score (nSPS) is 25.4. The summed E-state index contributed by atoms with van der Waals surface area (Å²) in [6, 6.07) is 11.1. The highest BCUT2D eigenvalue weighted by molar-refractivity contribution is 5.56. The monoisotopic (exact) mass is 482 g/mol. The molecule has 0 spiro atoms. The fraction of sp³-hybridized carbons (Fsp3) is 0.593. The highest BCUT2D eigenvalue weighted by Crippen LogP contribution is 2.39. The van der Waals surface area contributed by atoms with Crippen molar-refractivity contribution in [3.63, 3.8) is 0 Å². The van der Waals surface area contributed by atoms with Crippen molar-refractivity contribution in [2.45, 2.75) is 51.6 Å². The number of morpholine rings is 1. The quantitative estimate of drug-likeness (QED) is 0.673. The standard InChI is InChI=1S/C27H38N4O4/c1-18(2)35-25-8-6-5-7-20(25)22-14-30(10-9-28-22)24-17-34-16-23-21(24)13-26(32-4)27(29-23)31-11-12-33-15-19(31)3/h5-8,13,18-19,22,24,28H,9-12,14-17H2,1-4H3. The van der Waals surface area contributed by atoms with E-state index in [-0.39, 0.29) is 24.2 Å². The predicted octanol–water partition coefficient (Wildman–Crippen LogP) is 3.32. The molecule has 8 nitrogen and oxygen atoms in total. The molecule has 3 aliphatic rings. The van der Waals surface area contributed by atoms with Crippen LogP contribution in [0.2, 0.25) is 0 Å². The molecule has 2 fully saturated rings. The number of pyridine rings is 1. The average molecular weight is 483 g/mol. The lowest BCUT2D eigenvalue weighted by Crippen LogP contribution is -2.49. The molecule has 190 valence electrons.